The van der Waals surface area contributed by atoms with Gasteiger partial charge in [0, 0.05) is 24.2 Å². The zero-order valence-corrected chi connectivity index (χ0v) is 11.6. The Kier molecular flexibility index (Phi) is 4.47. The van der Waals surface area contributed by atoms with Gasteiger partial charge in [-0.2, -0.15) is 0 Å². The minimum Gasteiger partial charge on any atom is -0.366 e. The second-order valence-corrected chi connectivity index (χ2v) is 4.48. The van der Waals surface area contributed by atoms with E-state index in [0.29, 0.717) is 17.5 Å². The molecule has 0 atom stereocenters. The van der Waals surface area contributed by atoms with E-state index in [2.05, 4.69) is 15.3 Å². The van der Waals surface area contributed by atoms with Gasteiger partial charge in [0.25, 0.3) is 5.69 Å². The van der Waals surface area contributed by atoms with Crippen molar-refractivity contribution in [1.29, 1.82) is 0 Å². The SMILES string of the molecule is CCc1c(Cl)ncnc1NCc1ccc([N+](=O)[O-])cc1. The van der Waals surface area contributed by atoms with Crippen LogP contribution in [0.5, 0.6) is 0 Å². The first-order valence-corrected chi connectivity index (χ1v) is 6.46. The predicted octanol–water partition coefficient (Wildman–Crippen LogP) is 3.21. The van der Waals surface area contributed by atoms with Crippen LogP contribution < -0.4 is 5.32 Å². The first-order chi connectivity index (χ1) is 9.61. The molecule has 0 fully saturated rings. The molecule has 7 heteroatoms. The van der Waals surface area contributed by atoms with Crippen molar-refractivity contribution in [3.8, 4) is 0 Å². The smallest absolute Gasteiger partial charge is 0.269 e. The van der Waals surface area contributed by atoms with Crippen LogP contribution in [0.25, 0.3) is 0 Å². The second kappa shape index (κ2) is 6.29. The number of nitro groups is 1. The summed E-state index contributed by atoms with van der Waals surface area (Å²) in [7, 11) is 0. The Labute approximate surface area is 121 Å². The van der Waals surface area contributed by atoms with E-state index in [1.54, 1.807) is 12.1 Å². The molecule has 0 aliphatic heterocycles. The molecule has 20 heavy (non-hydrogen) atoms. The largest absolute Gasteiger partial charge is 0.366 e. The molecule has 1 heterocycles. The van der Waals surface area contributed by atoms with Gasteiger partial charge in [-0.1, -0.05) is 30.7 Å². The van der Waals surface area contributed by atoms with Crippen molar-refractivity contribution in [1.82, 2.24) is 9.97 Å². The van der Waals surface area contributed by atoms with Gasteiger partial charge < -0.3 is 5.32 Å². The van der Waals surface area contributed by atoms with Gasteiger partial charge in [-0.05, 0) is 12.0 Å². The Morgan fingerprint density at radius 3 is 2.60 bits per heavy atom. The summed E-state index contributed by atoms with van der Waals surface area (Å²) < 4.78 is 0. The summed E-state index contributed by atoms with van der Waals surface area (Å²) in [6.07, 6.45) is 2.13. The lowest BCUT2D eigenvalue weighted by atomic mass is 10.2. The van der Waals surface area contributed by atoms with E-state index >= 15 is 0 Å². The van der Waals surface area contributed by atoms with Gasteiger partial charge in [-0.25, -0.2) is 9.97 Å². The summed E-state index contributed by atoms with van der Waals surface area (Å²) in [6.45, 7) is 2.49. The lowest BCUT2D eigenvalue weighted by Crippen LogP contribution is -2.05. The normalized spacial score (nSPS) is 10.3. The highest BCUT2D eigenvalue weighted by atomic mass is 35.5. The molecule has 0 radical (unpaired) electrons. The maximum Gasteiger partial charge on any atom is 0.269 e. The number of nitro benzene ring substituents is 1. The molecule has 0 saturated heterocycles. The summed E-state index contributed by atoms with van der Waals surface area (Å²) in [5, 5.41) is 14.2. The predicted molar refractivity (Wildman–Crippen MR) is 76.8 cm³/mol. The zero-order valence-electron chi connectivity index (χ0n) is 10.8. The number of non-ortho nitro benzene ring substituents is 1. The number of anilines is 1. The third kappa shape index (κ3) is 3.21. The Morgan fingerprint density at radius 2 is 2.00 bits per heavy atom. The fraction of sp³-hybridized carbons (Fsp3) is 0.231. The maximum absolute atomic E-state index is 10.6. The van der Waals surface area contributed by atoms with Crippen molar-refractivity contribution in [2.24, 2.45) is 0 Å². The van der Waals surface area contributed by atoms with Gasteiger partial charge in [0.15, 0.2) is 0 Å². The molecule has 2 rings (SSSR count). The summed E-state index contributed by atoms with van der Waals surface area (Å²) in [6, 6.07) is 6.37. The van der Waals surface area contributed by atoms with E-state index in [1.165, 1.54) is 18.5 Å². The molecule has 6 nitrogen and oxygen atoms in total. The van der Waals surface area contributed by atoms with Crippen LogP contribution in [0, 0.1) is 10.1 Å². The maximum atomic E-state index is 10.6. The summed E-state index contributed by atoms with van der Waals surface area (Å²) in [5.41, 5.74) is 1.86. The third-order valence-corrected chi connectivity index (χ3v) is 3.18. The summed E-state index contributed by atoms with van der Waals surface area (Å²) in [4.78, 5) is 18.2. The molecule has 1 aromatic carbocycles. The minimum atomic E-state index is -0.420. The minimum absolute atomic E-state index is 0.0769. The van der Waals surface area contributed by atoms with Crippen LogP contribution in [0.4, 0.5) is 11.5 Å². The first-order valence-electron chi connectivity index (χ1n) is 6.08. The van der Waals surface area contributed by atoms with Gasteiger partial charge in [-0.3, -0.25) is 10.1 Å². The molecule has 0 bridgehead atoms. The Bertz CT molecular complexity index is 616. The molecule has 104 valence electrons. The van der Waals surface area contributed by atoms with Crippen LogP contribution in [-0.2, 0) is 13.0 Å². The number of aromatic nitrogens is 2. The van der Waals surface area contributed by atoms with Crippen molar-refractivity contribution in [3.63, 3.8) is 0 Å². The van der Waals surface area contributed by atoms with Gasteiger partial charge in [0.1, 0.15) is 17.3 Å². The van der Waals surface area contributed by atoms with Crippen LogP contribution in [-0.4, -0.2) is 14.9 Å². The highest BCUT2D eigenvalue weighted by Gasteiger charge is 2.08. The first kappa shape index (κ1) is 14.2. The lowest BCUT2D eigenvalue weighted by molar-refractivity contribution is -0.384. The molecule has 2 aromatic rings. The molecular formula is C13H13ClN4O2. The number of benzene rings is 1. The fourth-order valence-corrected chi connectivity index (χ4v) is 2.04. The topological polar surface area (TPSA) is 81.0 Å². The number of hydrogen-bond acceptors (Lipinski definition) is 5. The second-order valence-electron chi connectivity index (χ2n) is 4.12. The molecule has 1 N–H and O–H groups in total. The van der Waals surface area contributed by atoms with E-state index in [0.717, 1.165) is 17.5 Å². The molecule has 0 aliphatic rings. The van der Waals surface area contributed by atoms with E-state index < -0.39 is 4.92 Å². The van der Waals surface area contributed by atoms with Crippen LogP contribution in [0.15, 0.2) is 30.6 Å². The highest BCUT2D eigenvalue weighted by molar-refractivity contribution is 6.30. The lowest BCUT2D eigenvalue weighted by Gasteiger charge is -2.10. The Hall–Kier alpha value is -2.21. The molecular weight excluding hydrogens is 280 g/mol. The highest BCUT2D eigenvalue weighted by Crippen LogP contribution is 2.21. The van der Waals surface area contributed by atoms with Gasteiger partial charge in [0.05, 0.1) is 4.92 Å². The van der Waals surface area contributed by atoms with Gasteiger partial charge >= 0.3 is 0 Å². The van der Waals surface area contributed by atoms with Gasteiger partial charge in [0.2, 0.25) is 0 Å². The standard InChI is InChI=1S/C13H13ClN4O2/c1-2-11-12(14)16-8-17-13(11)15-7-9-3-5-10(6-4-9)18(19)20/h3-6,8H,2,7H2,1H3,(H,15,16,17). The molecule has 0 aliphatic carbocycles. The summed E-state index contributed by atoms with van der Waals surface area (Å²) >= 11 is 6.00. The molecule has 0 spiro atoms. The van der Waals surface area contributed by atoms with Crippen LogP contribution in [0.3, 0.4) is 0 Å². The molecule has 0 saturated carbocycles. The number of nitrogens with one attached hydrogen (secondary N) is 1. The van der Waals surface area contributed by atoms with Crippen LogP contribution in [0.1, 0.15) is 18.1 Å². The van der Waals surface area contributed by atoms with Crippen molar-refractivity contribution in [3.05, 3.63) is 57.0 Å². The Morgan fingerprint density at radius 1 is 1.30 bits per heavy atom. The van der Waals surface area contributed by atoms with E-state index in [9.17, 15) is 10.1 Å². The van der Waals surface area contributed by atoms with Crippen molar-refractivity contribution in [2.75, 3.05) is 5.32 Å². The van der Waals surface area contributed by atoms with Crippen LogP contribution >= 0.6 is 11.6 Å². The zero-order chi connectivity index (χ0) is 14.5. The molecule has 1 aromatic heterocycles. The van der Waals surface area contributed by atoms with Crippen molar-refractivity contribution >= 4 is 23.1 Å². The quantitative estimate of drug-likeness (QED) is 0.520. The van der Waals surface area contributed by atoms with E-state index in [1.807, 2.05) is 6.92 Å². The Balaban J connectivity index is 2.09. The number of hydrogen-bond donors (Lipinski definition) is 1. The van der Waals surface area contributed by atoms with Gasteiger partial charge in [-0.15, -0.1) is 0 Å². The monoisotopic (exact) mass is 292 g/mol. The van der Waals surface area contributed by atoms with E-state index in [4.69, 9.17) is 11.6 Å². The van der Waals surface area contributed by atoms with Crippen LogP contribution in [0.2, 0.25) is 5.15 Å². The molecule has 0 unspecified atom stereocenters. The number of rotatable bonds is 5. The molecule has 0 amide bonds. The van der Waals surface area contributed by atoms with Crippen molar-refractivity contribution in [2.45, 2.75) is 19.9 Å². The average Bonchev–Trinajstić information content (AvgIpc) is 2.45. The summed E-state index contributed by atoms with van der Waals surface area (Å²) in [5.74, 6) is 0.686. The third-order valence-electron chi connectivity index (χ3n) is 2.85. The number of halogens is 1. The average molecular weight is 293 g/mol. The number of nitrogens with zero attached hydrogens (tertiary/aromatic N) is 3. The van der Waals surface area contributed by atoms with Crippen molar-refractivity contribution < 1.29 is 4.92 Å². The fourth-order valence-electron chi connectivity index (χ4n) is 1.78. The van der Waals surface area contributed by atoms with E-state index in [-0.39, 0.29) is 5.69 Å².